The summed E-state index contributed by atoms with van der Waals surface area (Å²) >= 11 is 0. The Balaban J connectivity index is 2.75. The number of aromatic nitrogens is 3. The molecule has 0 aromatic carbocycles. The smallest absolute Gasteiger partial charge is 0.272 e. The zero-order valence-electron chi connectivity index (χ0n) is 8.53. The summed E-state index contributed by atoms with van der Waals surface area (Å²) < 4.78 is 1.46. The Hall–Kier alpha value is -1.58. The first-order valence-electron chi connectivity index (χ1n) is 4.56. The minimum atomic E-state index is -0.0782. The quantitative estimate of drug-likeness (QED) is 0.682. The maximum Gasteiger partial charge on any atom is 0.272 e. The molecule has 0 fully saturated rings. The van der Waals surface area contributed by atoms with Crippen LogP contribution in [0.1, 0.15) is 26.5 Å². The fourth-order valence-corrected chi connectivity index (χ4v) is 1.30. The summed E-state index contributed by atoms with van der Waals surface area (Å²) in [5.41, 5.74) is 1.60. The number of hydrogen-bond acceptors (Lipinski definition) is 2. The SMILES string of the molecule is CC(C)(C)c1cc2nccc(=O)n2[nH]1. The number of fused-ring (bicyclic) bond motifs is 1. The molecule has 1 N–H and O–H groups in total. The average Bonchev–Trinajstić information content (AvgIpc) is 2.48. The zero-order valence-corrected chi connectivity index (χ0v) is 8.53. The van der Waals surface area contributed by atoms with Gasteiger partial charge in [-0.25, -0.2) is 9.50 Å². The highest BCUT2D eigenvalue weighted by Crippen LogP contribution is 2.20. The van der Waals surface area contributed by atoms with Crippen LogP contribution >= 0.6 is 0 Å². The molecule has 2 aromatic rings. The van der Waals surface area contributed by atoms with Crippen LogP contribution in [0.25, 0.3) is 5.65 Å². The summed E-state index contributed by atoms with van der Waals surface area (Å²) in [7, 11) is 0. The largest absolute Gasteiger partial charge is 0.293 e. The second-order valence-corrected chi connectivity index (χ2v) is 4.40. The molecule has 14 heavy (non-hydrogen) atoms. The highest BCUT2D eigenvalue weighted by Gasteiger charge is 2.16. The van der Waals surface area contributed by atoms with Crippen LogP contribution in [0.4, 0.5) is 0 Å². The molecule has 0 unspecified atom stereocenters. The van der Waals surface area contributed by atoms with Crippen LogP contribution in [0.5, 0.6) is 0 Å². The number of nitrogens with one attached hydrogen (secondary N) is 1. The lowest BCUT2D eigenvalue weighted by Crippen LogP contribution is -2.16. The summed E-state index contributed by atoms with van der Waals surface area (Å²) in [6.07, 6.45) is 1.53. The van der Waals surface area contributed by atoms with Crippen LogP contribution < -0.4 is 5.56 Å². The van der Waals surface area contributed by atoms with Gasteiger partial charge in [-0.1, -0.05) is 20.8 Å². The van der Waals surface area contributed by atoms with Crippen molar-refractivity contribution in [2.24, 2.45) is 0 Å². The number of hydrogen-bond donors (Lipinski definition) is 1. The normalized spacial score (nSPS) is 12.2. The number of rotatable bonds is 0. The number of nitrogens with zero attached hydrogens (tertiary/aromatic N) is 2. The topological polar surface area (TPSA) is 50.2 Å². The van der Waals surface area contributed by atoms with E-state index in [2.05, 4.69) is 30.9 Å². The van der Waals surface area contributed by atoms with Gasteiger partial charge in [-0.3, -0.25) is 9.89 Å². The second kappa shape index (κ2) is 2.70. The molecule has 0 spiro atoms. The lowest BCUT2D eigenvalue weighted by Gasteiger charge is -2.14. The van der Waals surface area contributed by atoms with Gasteiger partial charge in [0, 0.05) is 29.4 Å². The number of H-pyrrole nitrogens is 1. The van der Waals surface area contributed by atoms with Crippen molar-refractivity contribution in [3.05, 3.63) is 34.4 Å². The lowest BCUT2D eigenvalue weighted by atomic mass is 9.93. The average molecular weight is 191 g/mol. The molecule has 0 aliphatic rings. The fourth-order valence-electron chi connectivity index (χ4n) is 1.30. The van der Waals surface area contributed by atoms with Crippen LogP contribution in [0, 0.1) is 0 Å². The summed E-state index contributed by atoms with van der Waals surface area (Å²) in [6, 6.07) is 3.34. The van der Waals surface area contributed by atoms with Crippen molar-refractivity contribution >= 4 is 5.65 Å². The molecule has 2 rings (SSSR count). The van der Waals surface area contributed by atoms with Gasteiger partial charge in [-0.15, -0.1) is 0 Å². The molecular formula is C10H13N3O. The van der Waals surface area contributed by atoms with E-state index in [0.717, 1.165) is 5.69 Å². The van der Waals surface area contributed by atoms with Gasteiger partial charge < -0.3 is 0 Å². The Morgan fingerprint density at radius 2 is 2.14 bits per heavy atom. The highest BCUT2D eigenvalue weighted by atomic mass is 16.1. The summed E-state index contributed by atoms with van der Waals surface area (Å²) in [4.78, 5) is 15.5. The van der Waals surface area contributed by atoms with Gasteiger partial charge >= 0.3 is 0 Å². The van der Waals surface area contributed by atoms with Crippen molar-refractivity contribution in [1.82, 2.24) is 14.6 Å². The van der Waals surface area contributed by atoms with Gasteiger partial charge in [0.2, 0.25) is 0 Å². The Bertz CT molecular complexity index is 516. The molecule has 0 bridgehead atoms. The Labute approximate surface area is 81.6 Å². The van der Waals surface area contributed by atoms with Crippen LogP contribution in [0.15, 0.2) is 23.1 Å². The third-order valence-corrected chi connectivity index (χ3v) is 2.19. The van der Waals surface area contributed by atoms with Crippen LogP contribution in [0.3, 0.4) is 0 Å². The van der Waals surface area contributed by atoms with E-state index in [0.29, 0.717) is 5.65 Å². The maximum absolute atomic E-state index is 11.4. The molecule has 0 saturated heterocycles. The monoisotopic (exact) mass is 191 g/mol. The van der Waals surface area contributed by atoms with E-state index < -0.39 is 0 Å². The van der Waals surface area contributed by atoms with Gasteiger partial charge in [0.15, 0.2) is 5.65 Å². The van der Waals surface area contributed by atoms with Crippen LogP contribution in [0.2, 0.25) is 0 Å². The molecule has 0 radical (unpaired) electrons. The zero-order chi connectivity index (χ0) is 10.3. The summed E-state index contributed by atoms with van der Waals surface area (Å²) in [5.74, 6) is 0. The predicted molar refractivity (Wildman–Crippen MR) is 54.5 cm³/mol. The third-order valence-electron chi connectivity index (χ3n) is 2.19. The van der Waals surface area contributed by atoms with Gasteiger partial charge in [0.1, 0.15) is 0 Å². The van der Waals surface area contributed by atoms with Gasteiger partial charge in [-0.05, 0) is 0 Å². The minimum absolute atomic E-state index is 0.000139. The molecule has 0 aliphatic heterocycles. The lowest BCUT2D eigenvalue weighted by molar-refractivity contribution is 0.561. The van der Waals surface area contributed by atoms with Crippen molar-refractivity contribution in [2.45, 2.75) is 26.2 Å². The third kappa shape index (κ3) is 1.32. The van der Waals surface area contributed by atoms with Gasteiger partial charge in [0.05, 0.1) is 0 Å². The van der Waals surface area contributed by atoms with Crippen molar-refractivity contribution in [1.29, 1.82) is 0 Å². The van der Waals surface area contributed by atoms with E-state index >= 15 is 0 Å². The standard InChI is InChI=1S/C10H13N3O/c1-10(2,3)7-6-8-11-5-4-9(14)13(8)12-7/h4-6,12H,1-3H3. The van der Waals surface area contributed by atoms with E-state index in [-0.39, 0.29) is 11.0 Å². The molecular weight excluding hydrogens is 178 g/mol. The molecule has 0 amide bonds. The van der Waals surface area contributed by atoms with E-state index in [1.807, 2.05) is 6.07 Å². The van der Waals surface area contributed by atoms with E-state index in [1.165, 1.54) is 16.8 Å². The summed E-state index contributed by atoms with van der Waals surface area (Å²) in [6.45, 7) is 6.26. The summed E-state index contributed by atoms with van der Waals surface area (Å²) in [5, 5.41) is 3.05. The van der Waals surface area contributed by atoms with Crippen molar-refractivity contribution in [3.63, 3.8) is 0 Å². The molecule has 0 saturated carbocycles. The number of aromatic amines is 1. The van der Waals surface area contributed by atoms with Crippen molar-refractivity contribution < 1.29 is 0 Å². The fraction of sp³-hybridized carbons (Fsp3) is 0.400. The van der Waals surface area contributed by atoms with Crippen molar-refractivity contribution in [2.75, 3.05) is 0 Å². The van der Waals surface area contributed by atoms with E-state index in [9.17, 15) is 4.79 Å². The minimum Gasteiger partial charge on any atom is -0.293 e. The molecule has 2 aromatic heterocycles. The van der Waals surface area contributed by atoms with Crippen LogP contribution in [-0.2, 0) is 5.41 Å². The van der Waals surface area contributed by atoms with Crippen molar-refractivity contribution in [3.8, 4) is 0 Å². The Kier molecular flexibility index (Phi) is 1.74. The van der Waals surface area contributed by atoms with E-state index in [4.69, 9.17) is 0 Å². The predicted octanol–water partition coefficient (Wildman–Crippen LogP) is 1.32. The Morgan fingerprint density at radius 1 is 1.43 bits per heavy atom. The maximum atomic E-state index is 11.4. The first-order valence-corrected chi connectivity index (χ1v) is 4.56. The van der Waals surface area contributed by atoms with Crippen LogP contribution in [-0.4, -0.2) is 14.6 Å². The first kappa shape index (κ1) is 8.99. The molecule has 4 nitrogen and oxygen atoms in total. The molecule has 2 heterocycles. The van der Waals surface area contributed by atoms with Gasteiger partial charge in [0.25, 0.3) is 5.56 Å². The second-order valence-electron chi connectivity index (χ2n) is 4.40. The highest BCUT2D eigenvalue weighted by molar-refractivity contribution is 5.40. The van der Waals surface area contributed by atoms with Gasteiger partial charge in [-0.2, -0.15) is 0 Å². The Morgan fingerprint density at radius 3 is 2.71 bits per heavy atom. The first-order chi connectivity index (χ1) is 6.48. The van der Waals surface area contributed by atoms with E-state index in [1.54, 1.807) is 0 Å². The molecule has 0 atom stereocenters. The molecule has 4 heteroatoms. The molecule has 0 aliphatic carbocycles. The molecule has 74 valence electrons.